The summed E-state index contributed by atoms with van der Waals surface area (Å²) in [5.74, 6) is -0.0964. The SMILES string of the molecule is O=C(NCCc1ccc2[nH]c3nccc(-c4cccc([N+](=O)[O-])c4)c3c2c1)c1ccccc1. The van der Waals surface area contributed by atoms with Gasteiger partial charge >= 0.3 is 0 Å². The van der Waals surface area contributed by atoms with Gasteiger partial charge in [0.25, 0.3) is 11.6 Å². The van der Waals surface area contributed by atoms with Gasteiger partial charge in [0.1, 0.15) is 5.65 Å². The molecule has 2 heterocycles. The summed E-state index contributed by atoms with van der Waals surface area (Å²) in [5, 5.41) is 16.1. The van der Waals surface area contributed by atoms with Crippen LogP contribution >= 0.6 is 0 Å². The minimum Gasteiger partial charge on any atom is -0.352 e. The van der Waals surface area contributed by atoms with Crippen molar-refractivity contribution in [2.24, 2.45) is 0 Å². The molecule has 0 saturated carbocycles. The van der Waals surface area contributed by atoms with Crippen LogP contribution in [0.15, 0.2) is 85.1 Å². The number of nitrogens with one attached hydrogen (secondary N) is 2. The van der Waals surface area contributed by atoms with Crippen molar-refractivity contribution >= 4 is 33.5 Å². The Morgan fingerprint density at radius 2 is 1.85 bits per heavy atom. The number of carbonyl (C=O) groups is 1. The number of carbonyl (C=O) groups excluding carboxylic acids is 1. The van der Waals surface area contributed by atoms with E-state index in [0.717, 1.165) is 38.6 Å². The van der Waals surface area contributed by atoms with Gasteiger partial charge in [-0.15, -0.1) is 0 Å². The van der Waals surface area contributed by atoms with Crippen LogP contribution in [0.5, 0.6) is 0 Å². The highest BCUT2D eigenvalue weighted by Crippen LogP contribution is 2.35. The van der Waals surface area contributed by atoms with Crippen LogP contribution in [0.2, 0.25) is 0 Å². The Labute approximate surface area is 189 Å². The Kier molecular flexibility index (Phi) is 5.28. The zero-order valence-electron chi connectivity index (χ0n) is 17.6. The van der Waals surface area contributed by atoms with Crippen molar-refractivity contribution in [2.45, 2.75) is 6.42 Å². The fraction of sp³-hybridized carbons (Fsp3) is 0.0769. The number of non-ortho nitro benzene ring substituents is 1. The second-order valence-corrected chi connectivity index (χ2v) is 7.77. The summed E-state index contributed by atoms with van der Waals surface area (Å²) >= 11 is 0. The van der Waals surface area contributed by atoms with E-state index in [2.05, 4.69) is 21.4 Å². The second-order valence-electron chi connectivity index (χ2n) is 7.77. The molecule has 1 amide bonds. The third-order valence-electron chi connectivity index (χ3n) is 5.66. The molecule has 0 aliphatic heterocycles. The van der Waals surface area contributed by atoms with Gasteiger partial charge in [-0.3, -0.25) is 14.9 Å². The van der Waals surface area contributed by atoms with Crippen LogP contribution in [0.3, 0.4) is 0 Å². The summed E-state index contributed by atoms with van der Waals surface area (Å²) in [6.07, 6.45) is 2.37. The van der Waals surface area contributed by atoms with E-state index in [9.17, 15) is 14.9 Å². The molecule has 0 spiro atoms. The molecule has 0 radical (unpaired) electrons. The summed E-state index contributed by atoms with van der Waals surface area (Å²) < 4.78 is 0. The monoisotopic (exact) mass is 436 g/mol. The maximum absolute atomic E-state index is 12.3. The fourth-order valence-electron chi connectivity index (χ4n) is 4.06. The van der Waals surface area contributed by atoms with Gasteiger partial charge in [0.2, 0.25) is 0 Å². The number of rotatable bonds is 6. The van der Waals surface area contributed by atoms with Crippen molar-refractivity contribution in [3.8, 4) is 11.1 Å². The van der Waals surface area contributed by atoms with Crippen LogP contribution in [-0.4, -0.2) is 27.3 Å². The number of pyridine rings is 1. The van der Waals surface area contributed by atoms with E-state index in [1.54, 1.807) is 30.5 Å². The molecular weight excluding hydrogens is 416 g/mol. The first kappa shape index (κ1) is 20.4. The van der Waals surface area contributed by atoms with E-state index in [0.29, 0.717) is 18.5 Å². The summed E-state index contributed by atoms with van der Waals surface area (Å²) in [5.41, 5.74) is 5.06. The molecule has 0 fully saturated rings. The molecule has 0 aliphatic rings. The van der Waals surface area contributed by atoms with E-state index in [-0.39, 0.29) is 16.5 Å². The molecule has 3 aromatic carbocycles. The topological polar surface area (TPSA) is 101 Å². The lowest BCUT2D eigenvalue weighted by molar-refractivity contribution is -0.384. The number of nitro benzene ring substituents is 1. The maximum atomic E-state index is 12.3. The molecule has 0 unspecified atom stereocenters. The van der Waals surface area contributed by atoms with Gasteiger partial charge in [0, 0.05) is 46.7 Å². The summed E-state index contributed by atoms with van der Waals surface area (Å²) in [6, 6.07) is 23.7. The third-order valence-corrected chi connectivity index (χ3v) is 5.66. The number of aromatic amines is 1. The first-order valence-corrected chi connectivity index (χ1v) is 10.6. The molecule has 0 atom stereocenters. The number of nitrogens with zero attached hydrogens (tertiary/aromatic N) is 2. The number of H-pyrrole nitrogens is 1. The molecule has 0 saturated heterocycles. The Morgan fingerprint density at radius 3 is 2.67 bits per heavy atom. The van der Waals surface area contributed by atoms with Crippen LogP contribution in [0.25, 0.3) is 33.1 Å². The van der Waals surface area contributed by atoms with Gasteiger partial charge in [0.05, 0.1) is 4.92 Å². The lowest BCUT2D eigenvalue weighted by Gasteiger charge is -2.07. The van der Waals surface area contributed by atoms with Crippen LogP contribution < -0.4 is 5.32 Å². The lowest BCUT2D eigenvalue weighted by Crippen LogP contribution is -2.25. The Bertz CT molecular complexity index is 1490. The predicted octanol–water partition coefficient (Wildman–Crippen LogP) is 5.26. The molecular formula is C26H20N4O3. The molecule has 5 aromatic rings. The molecule has 0 bridgehead atoms. The van der Waals surface area contributed by atoms with Crippen LogP contribution in [0.1, 0.15) is 15.9 Å². The normalized spacial score (nSPS) is 11.0. The van der Waals surface area contributed by atoms with Crippen molar-refractivity contribution in [3.63, 3.8) is 0 Å². The number of benzene rings is 3. The summed E-state index contributed by atoms with van der Waals surface area (Å²) in [7, 11) is 0. The fourth-order valence-corrected chi connectivity index (χ4v) is 4.06. The number of fused-ring (bicyclic) bond motifs is 3. The van der Waals surface area contributed by atoms with Gasteiger partial charge in [-0.1, -0.05) is 36.4 Å². The molecule has 0 aliphatic carbocycles. The van der Waals surface area contributed by atoms with Crippen molar-refractivity contribution in [1.82, 2.24) is 15.3 Å². The van der Waals surface area contributed by atoms with Gasteiger partial charge in [0.15, 0.2) is 0 Å². The number of aromatic nitrogens is 2. The predicted molar refractivity (Wildman–Crippen MR) is 128 cm³/mol. The Morgan fingerprint density at radius 1 is 1.00 bits per heavy atom. The molecule has 33 heavy (non-hydrogen) atoms. The number of nitro groups is 1. The molecule has 5 rings (SSSR count). The molecule has 2 N–H and O–H groups in total. The van der Waals surface area contributed by atoms with E-state index in [1.807, 2.05) is 42.5 Å². The first-order valence-electron chi connectivity index (χ1n) is 10.6. The van der Waals surface area contributed by atoms with Crippen molar-refractivity contribution in [3.05, 3.63) is 106 Å². The molecule has 2 aromatic heterocycles. The van der Waals surface area contributed by atoms with Gasteiger partial charge in [-0.05, 0) is 53.4 Å². The Balaban J connectivity index is 1.46. The van der Waals surface area contributed by atoms with Gasteiger partial charge in [-0.25, -0.2) is 4.98 Å². The Hall–Kier alpha value is -4.52. The van der Waals surface area contributed by atoms with E-state index in [1.165, 1.54) is 6.07 Å². The minimum atomic E-state index is -0.390. The van der Waals surface area contributed by atoms with Crippen molar-refractivity contribution in [1.29, 1.82) is 0 Å². The van der Waals surface area contributed by atoms with Crippen molar-refractivity contribution in [2.75, 3.05) is 6.54 Å². The van der Waals surface area contributed by atoms with Gasteiger partial charge < -0.3 is 10.3 Å². The molecule has 7 nitrogen and oxygen atoms in total. The average molecular weight is 436 g/mol. The standard InChI is InChI=1S/C26H20N4O3/c31-26(18-5-2-1-3-6-18)28-13-11-17-9-10-23-22(15-17)24-21(12-14-27-25(24)29-23)19-7-4-8-20(16-19)30(32)33/h1-10,12,14-16H,11,13H2,(H,27,29)(H,28,31). The summed E-state index contributed by atoms with van der Waals surface area (Å²) in [6.45, 7) is 0.511. The smallest absolute Gasteiger partial charge is 0.270 e. The molecule has 7 heteroatoms. The van der Waals surface area contributed by atoms with Crippen LogP contribution in [-0.2, 0) is 6.42 Å². The highest BCUT2D eigenvalue weighted by molar-refractivity contribution is 6.13. The van der Waals surface area contributed by atoms with E-state index in [4.69, 9.17) is 0 Å². The lowest BCUT2D eigenvalue weighted by atomic mass is 10.00. The first-order chi connectivity index (χ1) is 16.1. The van der Waals surface area contributed by atoms with Crippen LogP contribution in [0, 0.1) is 10.1 Å². The second kappa shape index (κ2) is 8.55. The average Bonchev–Trinajstić information content (AvgIpc) is 3.23. The number of hydrogen-bond donors (Lipinski definition) is 2. The van der Waals surface area contributed by atoms with Crippen LogP contribution in [0.4, 0.5) is 5.69 Å². The van der Waals surface area contributed by atoms with Gasteiger partial charge in [-0.2, -0.15) is 0 Å². The summed E-state index contributed by atoms with van der Waals surface area (Å²) in [4.78, 5) is 30.9. The third kappa shape index (κ3) is 4.04. The van der Waals surface area contributed by atoms with E-state index < -0.39 is 0 Å². The number of amides is 1. The zero-order chi connectivity index (χ0) is 22.8. The highest BCUT2D eigenvalue weighted by atomic mass is 16.6. The number of hydrogen-bond acceptors (Lipinski definition) is 4. The van der Waals surface area contributed by atoms with E-state index >= 15 is 0 Å². The minimum absolute atomic E-state index is 0.0483. The maximum Gasteiger partial charge on any atom is 0.270 e. The largest absolute Gasteiger partial charge is 0.352 e. The zero-order valence-corrected chi connectivity index (χ0v) is 17.6. The quantitative estimate of drug-likeness (QED) is 0.280. The highest BCUT2D eigenvalue weighted by Gasteiger charge is 2.14. The van der Waals surface area contributed by atoms with Crippen molar-refractivity contribution < 1.29 is 9.72 Å². The molecule has 162 valence electrons.